The molecule has 0 amide bonds. The molecular weight excluding hydrogens is 380 g/mol. The van der Waals surface area contributed by atoms with E-state index in [0.29, 0.717) is 23.9 Å². The van der Waals surface area contributed by atoms with E-state index < -0.39 is 11.9 Å². The molecular formula is C24H30N2O4. The first-order valence-corrected chi connectivity index (χ1v) is 10.7. The van der Waals surface area contributed by atoms with E-state index in [-0.39, 0.29) is 18.1 Å². The molecule has 2 aliphatic rings. The Morgan fingerprint density at radius 2 is 1.93 bits per heavy atom. The second-order valence-corrected chi connectivity index (χ2v) is 7.88. The van der Waals surface area contributed by atoms with Gasteiger partial charge in [-0.1, -0.05) is 43.5 Å². The summed E-state index contributed by atoms with van der Waals surface area (Å²) < 4.78 is 16.6. The monoisotopic (exact) mass is 410 g/mol. The van der Waals surface area contributed by atoms with Gasteiger partial charge in [-0.05, 0) is 43.7 Å². The molecule has 6 nitrogen and oxygen atoms in total. The first-order valence-electron chi connectivity index (χ1n) is 10.7. The number of nitriles is 1. The van der Waals surface area contributed by atoms with Crippen LogP contribution >= 0.6 is 0 Å². The normalized spacial score (nSPS) is 20.0. The molecule has 1 atom stereocenters. The molecule has 3 rings (SSSR count). The lowest BCUT2D eigenvalue weighted by atomic mass is 9.83. The van der Waals surface area contributed by atoms with Crippen molar-refractivity contribution in [3.05, 3.63) is 58.2 Å². The maximum atomic E-state index is 12.6. The first-order chi connectivity index (χ1) is 14.5. The van der Waals surface area contributed by atoms with Crippen molar-refractivity contribution in [3.8, 4) is 6.07 Å². The molecule has 1 aromatic carbocycles. The van der Waals surface area contributed by atoms with Gasteiger partial charge in [0.15, 0.2) is 0 Å². The van der Waals surface area contributed by atoms with Crippen LogP contribution < -0.4 is 5.73 Å². The largest absolute Gasteiger partial charge is 0.463 e. The molecule has 1 aliphatic carbocycles. The molecule has 30 heavy (non-hydrogen) atoms. The number of nitrogens with two attached hydrogens (primary N) is 1. The molecule has 0 spiro atoms. The molecule has 0 saturated heterocycles. The van der Waals surface area contributed by atoms with Crippen LogP contribution in [0.1, 0.15) is 63.0 Å². The summed E-state index contributed by atoms with van der Waals surface area (Å²) in [5.74, 6) is -0.0604. The van der Waals surface area contributed by atoms with Gasteiger partial charge in [0.05, 0.1) is 24.7 Å². The number of ether oxygens (including phenoxy) is 3. The minimum atomic E-state index is -0.611. The van der Waals surface area contributed by atoms with Crippen molar-refractivity contribution in [2.75, 3.05) is 13.2 Å². The number of hydrogen-bond acceptors (Lipinski definition) is 6. The highest BCUT2D eigenvalue weighted by molar-refractivity contribution is 5.92. The van der Waals surface area contributed by atoms with Crippen molar-refractivity contribution in [2.24, 2.45) is 11.7 Å². The van der Waals surface area contributed by atoms with Crippen LogP contribution in [-0.4, -0.2) is 19.2 Å². The van der Waals surface area contributed by atoms with E-state index >= 15 is 0 Å². The van der Waals surface area contributed by atoms with Gasteiger partial charge >= 0.3 is 5.97 Å². The average Bonchev–Trinajstić information content (AvgIpc) is 2.74. The highest BCUT2D eigenvalue weighted by Gasteiger charge is 2.36. The fraction of sp³-hybridized carbons (Fsp3) is 0.500. The van der Waals surface area contributed by atoms with E-state index in [2.05, 4.69) is 6.07 Å². The quantitative estimate of drug-likeness (QED) is 0.668. The van der Waals surface area contributed by atoms with Gasteiger partial charge in [-0.3, -0.25) is 0 Å². The minimum absolute atomic E-state index is 0.0212. The molecule has 1 aromatic rings. The average molecular weight is 411 g/mol. The Morgan fingerprint density at radius 3 is 2.57 bits per heavy atom. The number of allylic oxidation sites excluding steroid dienone is 2. The van der Waals surface area contributed by atoms with Crippen molar-refractivity contribution in [1.82, 2.24) is 0 Å². The molecule has 0 aromatic heterocycles. The zero-order valence-electron chi connectivity index (χ0n) is 17.8. The Morgan fingerprint density at radius 1 is 1.23 bits per heavy atom. The number of carbonyl (C=O) groups is 1. The zero-order valence-corrected chi connectivity index (χ0v) is 17.8. The molecule has 0 bridgehead atoms. The highest BCUT2D eigenvalue weighted by Crippen LogP contribution is 2.39. The molecule has 1 saturated carbocycles. The second-order valence-electron chi connectivity index (χ2n) is 7.88. The molecule has 1 aliphatic heterocycles. The van der Waals surface area contributed by atoms with Gasteiger partial charge in [0.25, 0.3) is 0 Å². The highest BCUT2D eigenvalue weighted by atomic mass is 16.5. The maximum absolute atomic E-state index is 12.6. The molecule has 1 fully saturated rings. The van der Waals surface area contributed by atoms with Crippen LogP contribution in [-0.2, 0) is 25.6 Å². The maximum Gasteiger partial charge on any atom is 0.338 e. The van der Waals surface area contributed by atoms with E-state index in [4.69, 9.17) is 19.9 Å². The van der Waals surface area contributed by atoms with Crippen LogP contribution in [0.3, 0.4) is 0 Å². The standard InChI is InChI=1S/C24H30N2O4/c1-3-29-24(27)21-16(2)30-23(26)20(13-25)22(21)19-11-9-18(10-12-19)15-28-14-17-7-5-4-6-8-17/h9-12,17,22H,3-8,14-15,26H2,1-2H3. The van der Waals surface area contributed by atoms with Gasteiger partial charge in [0.1, 0.15) is 17.4 Å². The molecule has 160 valence electrons. The minimum Gasteiger partial charge on any atom is -0.463 e. The second kappa shape index (κ2) is 10.3. The SMILES string of the molecule is CCOC(=O)C1=C(C)OC(N)=C(C#N)C1c1ccc(COCC2CCCCC2)cc1. The van der Waals surface area contributed by atoms with Gasteiger partial charge < -0.3 is 19.9 Å². The summed E-state index contributed by atoms with van der Waals surface area (Å²) in [5, 5.41) is 9.64. The van der Waals surface area contributed by atoms with Crippen molar-refractivity contribution in [1.29, 1.82) is 5.26 Å². The van der Waals surface area contributed by atoms with Crippen molar-refractivity contribution < 1.29 is 19.0 Å². The molecule has 0 radical (unpaired) electrons. The molecule has 1 unspecified atom stereocenters. The lowest BCUT2D eigenvalue weighted by molar-refractivity contribution is -0.139. The number of nitrogens with zero attached hydrogens (tertiary/aromatic N) is 1. The van der Waals surface area contributed by atoms with Crippen LogP contribution in [0.5, 0.6) is 0 Å². The van der Waals surface area contributed by atoms with Gasteiger partial charge in [0, 0.05) is 6.61 Å². The van der Waals surface area contributed by atoms with Crippen LogP contribution in [0, 0.1) is 17.2 Å². The van der Waals surface area contributed by atoms with Crippen LogP contribution in [0.25, 0.3) is 0 Å². The molecule has 6 heteroatoms. The number of benzene rings is 1. The Bertz CT molecular complexity index is 858. The van der Waals surface area contributed by atoms with Gasteiger partial charge in [0.2, 0.25) is 5.88 Å². The van der Waals surface area contributed by atoms with Crippen LogP contribution in [0.4, 0.5) is 0 Å². The number of esters is 1. The van der Waals surface area contributed by atoms with Crippen LogP contribution in [0.15, 0.2) is 47.1 Å². The van der Waals surface area contributed by atoms with E-state index in [1.165, 1.54) is 32.1 Å². The van der Waals surface area contributed by atoms with Gasteiger partial charge in [-0.2, -0.15) is 5.26 Å². The summed E-state index contributed by atoms with van der Waals surface area (Å²) >= 11 is 0. The van der Waals surface area contributed by atoms with Crippen molar-refractivity contribution in [2.45, 2.75) is 58.5 Å². The van der Waals surface area contributed by atoms with E-state index in [1.54, 1.807) is 13.8 Å². The first kappa shape index (κ1) is 21.9. The van der Waals surface area contributed by atoms with Crippen LogP contribution in [0.2, 0.25) is 0 Å². The van der Waals surface area contributed by atoms with Gasteiger partial charge in [-0.25, -0.2) is 4.79 Å². The van der Waals surface area contributed by atoms with Crippen molar-refractivity contribution >= 4 is 5.97 Å². The third-order valence-corrected chi connectivity index (χ3v) is 5.76. The third kappa shape index (κ3) is 5.03. The summed E-state index contributed by atoms with van der Waals surface area (Å²) in [6.07, 6.45) is 6.48. The Labute approximate surface area is 178 Å². The Balaban J connectivity index is 1.75. The zero-order chi connectivity index (χ0) is 21.5. The topological polar surface area (TPSA) is 94.6 Å². The summed E-state index contributed by atoms with van der Waals surface area (Å²) in [4.78, 5) is 12.6. The number of carbonyl (C=O) groups excluding carboxylic acids is 1. The lowest BCUT2D eigenvalue weighted by Gasteiger charge is -2.27. The summed E-state index contributed by atoms with van der Waals surface area (Å²) in [7, 11) is 0. The van der Waals surface area contributed by atoms with Gasteiger partial charge in [-0.15, -0.1) is 0 Å². The fourth-order valence-corrected chi connectivity index (χ4v) is 4.19. The molecule has 1 heterocycles. The van der Waals surface area contributed by atoms with E-state index in [9.17, 15) is 10.1 Å². The van der Waals surface area contributed by atoms with Crippen molar-refractivity contribution in [3.63, 3.8) is 0 Å². The summed E-state index contributed by atoms with van der Waals surface area (Å²) in [5.41, 5.74) is 8.30. The fourth-order valence-electron chi connectivity index (χ4n) is 4.19. The lowest BCUT2D eigenvalue weighted by Crippen LogP contribution is -2.25. The van der Waals surface area contributed by atoms with E-state index in [1.807, 2.05) is 24.3 Å². The third-order valence-electron chi connectivity index (χ3n) is 5.76. The summed E-state index contributed by atoms with van der Waals surface area (Å²) in [6, 6.07) is 9.85. The Hall–Kier alpha value is -2.78. The van der Waals surface area contributed by atoms with E-state index in [0.717, 1.165) is 17.7 Å². The number of hydrogen-bond donors (Lipinski definition) is 1. The predicted octanol–water partition coefficient (Wildman–Crippen LogP) is 4.43. The Kier molecular flexibility index (Phi) is 7.53. The number of rotatable bonds is 7. The molecule has 2 N–H and O–H groups in total. The smallest absolute Gasteiger partial charge is 0.338 e. The summed E-state index contributed by atoms with van der Waals surface area (Å²) in [6.45, 7) is 4.99. The predicted molar refractivity (Wildman–Crippen MR) is 113 cm³/mol.